The Hall–Kier alpha value is -1.29. The third-order valence-corrected chi connectivity index (χ3v) is 4.05. The zero-order valence-corrected chi connectivity index (χ0v) is 11.3. The van der Waals surface area contributed by atoms with E-state index in [4.69, 9.17) is 0 Å². The van der Waals surface area contributed by atoms with Crippen LogP contribution in [0.15, 0.2) is 29.2 Å². The number of piperidine rings is 1. The summed E-state index contributed by atoms with van der Waals surface area (Å²) in [6.07, 6.45) is 1.03. The number of benzene rings is 1. The highest BCUT2D eigenvalue weighted by atomic mass is 32.2. The van der Waals surface area contributed by atoms with Gasteiger partial charge in [-0.05, 0) is 19.1 Å². The highest BCUT2D eigenvalue weighted by Crippen LogP contribution is 2.19. The van der Waals surface area contributed by atoms with E-state index in [0.29, 0.717) is 31.7 Å². The summed E-state index contributed by atoms with van der Waals surface area (Å²) >= 11 is 1.56. The van der Waals surface area contributed by atoms with Crippen molar-refractivity contribution in [3.63, 3.8) is 0 Å². The van der Waals surface area contributed by atoms with Crippen LogP contribution in [-0.2, 0) is 9.59 Å². The third-order valence-electron chi connectivity index (χ3n) is 3.06. The molecule has 1 aromatic carbocycles. The molecule has 18 heavy (non-hydrogen) atoms. The minimum Gasteiger partial charge on any atom is -0.341 e. The van der Waals surface area contributed by atoms with Gasteiger partial charge in [-0.3, -0.25) is 9.59 Å². The van der Waals surface area contributed by atoms with E-state index in [2.05, 4.69) is 0 Å². The van der Waals surface area contributed by atoms with Crippen molar-refractivity contribution in [3.8, 4) is 0 Å². The van der Waals surface area contributed by atoms with Crippen molar-refractivity contribution in [3.05, 3.63) is 29.8 Å². The zero-order valence-electron chi connectivity index (χ0n) is 10.5. The Bertz CT molecular complexity index is 432. The molecule has 3 nitrogen and oxygen atoms in total. The van der Waals surface area contributed by atoms with Gasteiger partial charge in [-0.1, -0.05) is 17.7 Å². The number of rotatable bonds is 3. The fourth-order valence-electron chi connectivity index (χ4n) is 1.88. The van der Waals surface area contributed by atoms with Crippen LogP contribution in [0.5, 0.6) is 0 Å². The maximum atomic E-state index is 11.9. The zero-order chi connectivity index (χ0) is 13.0. The van der Waals surface area contributed by atoms with Gasteiger partial charge < -0.3 is 4.90 Å². The first-order valence-electron chi connectivity index (χ1n) is 6.14. The molecule has 1 amide bonds. The van der Waals surface area contributed by atoms with Gasteiger partial charge in [0.25, 0.3) is 0 Å². The smallest absolute Gasteiger partial charge is 0.232 e. The molecular formula is C14H17NO2S. The number of nitrogens with zero attached hydrogens (tertiary/aromatic N) is 1. The number of aryl methyl sites for hydroxylation is 1. The van der Waals surface area contributed by atoms with E-state index in [1.807, 2.05) is 31.2 Å². The molecule has 1 fully saturated rings. The highest BCUT2D eigenvalue weighted by Gasteiger charge is 2.20. The van der Waals surface area contributed by atoms with Crippen molar-refractivity contribution in [1.82, 2.24) is 4.90 Å². The lowest BCUT2D eigenvalue weighted by atomic mass is 10.1. The van der Waals surface area contributed by atoms with Gasteiger partial charge in [-0.25, -0.2) is 0 Å². The van der Waals surface area contributed by atoms with Gasteiger partial charge >= 0.3 is 0 Å². The van der Waals surface area contributed by atoms with Crippen LogP contribution in [-0.4, -0.2) is 35.4 Å². The van der Waals surface area contributed by atoms with Gasteiger partial charge in [0.2, 0.25) is 5.91 Å². The number of thioether (sulfide) groups is 1. The van der Waals surface area contributed by atoms with Gasteiger partial charge in [0.05, 0.1) is 5.75 Å². The Morgan fingerprint density at radius 2 is 1.83 bits per heavy atom. The molecule has 0 aliphatic carbocycles. The SMILES string of the molecule is Cc1ccc(SCC(=O)N2CCC(=O)CC2)cc1. The molecule has 0 bridgehead atoms. The number of carbonyl (C=O) groups excluding carboxylic acids is 2. The third kappa shape index (κ3) is 3.60. The molecule has 0 saturated carbocycles. The van der Waals surface area contributed by atoms with Gasteiger partial charge in [0.1, 0.15) is 5.78 Å². The summed E-state index contributed by atoms with van der Waals surface area (Å²) in [7, 11) is 0. The molecule has 0 spiro atoms. The number of hydrogen-bond donors (Lipinski definition) is 0. The van der Waals surface area contributed by atoms with Crippen LogP contribution in [0.1, 0.15) is 18.4 Å². The highest BCUT2D eigenvalue weighted by molar-refractivity contribution is 8.00. The van der Waals surface area contributed by atoms with Crippen LogP contribution in [0.2, 0.25) is 0 Å². The van der Waals surface area contributed by atoms with E-state index in [-0.39, 0.29) is 11.7 Å². The summed E-state index contributed by atoms with van der Waals surface area (Å²) in [4.78, 5) is 25.9. The fraction of sp³-hybridized carbons (Fsp3) is 0.429. The number of hydrogen-bond acceptors (Lipinski definition) is 3. The summed E-state index contributed by atoms with van der Waals surface area (Å²) in [6, 6.07) is 8.17. The lowest BCUT2D eigenvalue weighted by Crippen LogP contribution is -2.39. The van der Waals surface area contributed by atoms with Crippen molar-refractivity contribution in [1.29, 1.82) is 0 Å². The van der Waals surface area contributed by atoms with Crippen LogP contribution >= 0.6 is 11.8 Å². The molecule has 0 aromatic heterocycles. The van der Waals surface area contributed by atoms with E-state index in [0.717, 1.165) is 4.90 Å². The minimum atomic E-state index is 0.132. The average Bonchev–Trinajstić information content (AvgIpc) is 2.38. The Kier molecular flexibility index (Phi) is 4.42. The Morgan fingerprint density at radius 3 is 2.44 bits per heavy atom. The van der Waals surface area contributed by atoms with Gasteiger partial charge in [0, 0.05) is 30.8 Å². The Labute approximate surface area is 112 Å². The molecule has 1 saturated heterocycles. The second kappa shape index (κ2) is 6.05. The van der Waals surface area contributed by atoms with E-state index in [1.54, 1.807) is 16.7 Å². The summed E-state index contributed by atoms with van der Waals surface area (Å²) in [5.74, 6) is 0.857. The number of likely N-dealkylation sites (tertiary alicyclic amines) is 1. The van der Waals surface area contributed by atoms with Crippen LogP contribution in [0.3, 0.4) is 0 Å². The van der Waals surface area contributed by atoms with Crippen molar-refractivity contribution in [2.45, 2.75) is 24.7 Å². The molecule has 1 heterocycles. The monoisotopic (exact) mass is 263 g/mol. The first-order valence-corrected chi connectivity index (χ1v) is 7.12. The van der Waals surface area contributed by atoms with Gasteiger partial charge in [-0.2, -0.15) is 0 Å². The van der Waals surface area contributed by atoms with Crippen LogP contribution in [0, 0.1) is 6.92 Å². The summed E-state index contributed by atoms with van der Waals surface area (Å²) in [5, 5.41) is 0. The fourth-order valence-corrected chi connectivity index (χ4v) is 2.68. The number of amides is 1. The van der Waals surface area contributed by atoms with Gasteiger partial charge in [-0.15, -0.1) is 11.8 Å². The minimum absolute atomic E-state index is 0.132. The second-order valence-corrected chi connectivity index (χ2v) is 5.57. The molecule has 4 heteroatoms. The quantitative estimate of drug-likeness (QED) is 0.785. The average molecular weight is 263 g/mol. The van der Waals surface area contributed by atoms with Crippen LogP contribution in [0.25, 0.3) is 0 Å². The molecular weight excluding hydrogens is 246 g/mol. The van der Waals surface area contributed by atoms with Crippen LogP contribution < -0.4 is 0 Å². The lowest BCUT2D eigenvalue weighted by molar-refractivity contribution is -0.132. The van der Waals surface area contributed by atoms with E-state index in [9.17, 15) is 9.59 Å². The predicted molar refractivity (Wildman–Crippen MR) is 72.7 cm³/mol. The Balaban J connectivity index is 1.81. The number of Topliss-reactive ketones (excluding diaryl/α,β-unsaturated/α-hetero) is 1. The van der Waals surface area contributed by atoms with E-state index < -0.39 is 0 Å². The standard InChI is InChI=1S/C14H17NO2S/c1-11-2-4-13(5-3-11)18-10-14(17)15-8-6-12(16)7-9-15/h2-5H,6-10H2,1H3. The molecule has 96 valence electrons. The van der Waals surface area contributed by atoms with Crippen molar-refractivity contribution in [2.75, 3.05) is 18.8 Å². The molecule has 0 N–H and O–H groups in total. The van der Waals surface area contributed by atoms with Crippen molar-refractivity contribution < 1.29 is 9.59 Å². The summed E-state index contributed by atoms with van der Waals surface area (Å²) in [5.41, 5.74) is 1.22. The topological polar surface area (TPSA) is 37.4 Å². The summed E-state index contributed by atoms with van der Waals surface area (Å²) in [6.45, 7) is 3.22. The van der Waals surface area contributed by atoms with Crippen molar-refractivity contribution in [2.24, 2.45) is 0 Å². The van der Waals surface area contributed by atoms with Crippen LogP contribution in [0.4, 0.5) is 0 Å². The predicted octanol–water partition coefficient (Wildman–Crippen LogP) is 2.28. The molecule has 0 atom stereocenters. The molecule has 0 unspecified atom stereocenters. The van der Waals surface area contributed by atoms with Crippen molar-refractivity contribution >= 4 is 23.5 Å². The number of carbonyl (C=O) groups is 2. The first kappa shape index (κ1) is 13.1. The molecule has 2 rings (SSSR count). The summed E-state index contributed by atoms with van der Waals surface area (Å²) < 4.78 is 0. The molecule has 1 aromatic rings. The maximum Gasteiger partial charge on any atom is 0.232 e. The second-order valence-electron chi connectivity index (χ2n) is 4.52. The molecule has 1 aliphatic heterocycles. The van der Waals surface area contributed by atoms with Gasteiger partial charge in [0.15, 0.2) is 0 Å². The molecule has 0 radical (unpaired) electrons. The van der Waals surface area contributed by atoms with E-state index >= 15 is 0 Å². The molecule has 1 aliphatic rings. The largest absolute Gasteiger partial charge is 0.341 e. The lowest BCUT2D eigenvalue weighted by Gasteiger charge is -2.25. The number of ketones is 1. The Morgan fingerprint density at radius 1 is 1.22 bits per heavy atom. The van der Waals surface area contributed by atoms with E-state index in [1.165, 1.54) is 5.56 Å². The maximum absolute atomic E-state index is 11.9. The normalized spacial score (nSPS) is 15.8. The first-order chi connectivity index (χ1) is 8.65.